The number of allylic oxidation sites excluding steroid dienone is 1. The molecule has 0 aromatic heterocycles. The van der Waals surface area contributed by atoms with Crippen LogP contribution in [0.15, 0.2) is 35.2 Å². The van der Waals surface area contributed by atoms with Crippen molar-refractivity contribution in [2.24, 2.45) is 0 Å². The summed E-state index contributed by atoms with van der Waals surface area (Å²) in [5.74, 6) is 0.788. The van der Waals surface area contributed by atoms with Gasteiger partial charge in [-0.05, 0) is 54.6 Å². The van der Waals surface area contributed by atoms with Crippen LogP contribution in [0.5, 0.6) is 0 Å². The Labute approximate surface area is 121 Å². The van der Waals surface area contributed by atoms with Gasteiger partial charge in [0.2, 0.25) is 0 Å². The fourth-order valence-corrected chi connectivity index (χ4v) is 2.99. The molecule has 0 bridgehead atoms. The van der Waals surface area contributed by atoms with Crippen molar-refractivity contribution in [2.75, 3.05) is 5.75 Å². The fourth-order valence-electron chi connectivity index (χ4n) is 1.85. The second kappa shape index (κ2) is 10.1. The third-order valence-electron chi connectivity index (χ3n) is 3.01. The molecule has 19 heavy (non-hydrogen) atoms. The summed E-state index contributed by atoms with van der Waals surface area (Å²) in [7, 11) is 0. The molecule has 1 atom stereocenters. The van der Waals surface area contributed by atoms with Crippen molar-refractivity contribution < 1.29 is 4.55 Å². The van der Waals surface area contributed by atoms with E-state index in [-0.39, 0.29) is 0 Å². The quantitative estimate of drug-likeness (QED) is 0.460. The van der Waals surface area contributed by atoms with Crippen LogP contribution in [0.3, 0.4) is 0 Å². The zero-order valence-electron chi connectivity index (χ0n) is 11.9. The molecule has 0 saturated carbocycles. The van der Waals surface area contributed by atoms with E-state index in [1.807, 2.05) is 24.3 Å². The van der Waals surface area contributed by atoms with Crippen molar-refractivity contribution in [3.8, 4) is 0 Å². The Hall–Kier alpha value is -0.730. The number of hydrogen-bond donors (Lipinski definition) is 0. The summed E-state index contributed by atoms with van der Waals surface area (Å²) in [6.07, 6.45) is 10.9. The van der Waals surface area contributed by atoms with Crippen LogP contribution in [0, 0.1) is 6.92 Å². The van der Waals surface area contributed by atoms with E-state index >= 15 is 0 Å². The minimum Gasteiger partial charge on any atom is -0.611 e. The van der Waals surface area contributed by atoms with Crippen LogP contribution in [0.25, 0.3) is 6.08 Å². The van der Waals surface area contributed by atoms with Crippen molar-refractivity contribution in [3.05, 3.63) is 42.8 Å². The van der Waals surface area contributed by atoms with Crippen molar-refractivity contribution >= 4 is 17.3 Å². The summed E-state index contributed by atoms with van der Waals surface area (Å²) in [5.41, 5.74) is 1.17. The number of benzene rings is 1. The van der Waals surface area contributed by atoms with Gasteiger partial charge in [-0.1, -0.05) is 51.0 Å². The highest BCUT2D eigenvalue weighted by Gasteiger charge is 2.09. The van der Waals surface area contributed by atoms with Gasteiger partial charge in [-0.3, -0.25) is 0 Å². The topological polar surface area (TPSA) is 23.1 Å². The Balaban J connectivity index is 2.41. The molecule has 0 aliphatic rings. The van der Waals surface area contributed by atoms with E-state index in [2.05, 4.69) is 26.0 Å². The third kappa shape index (κ3) is 6.84. The largest absolute Gasteiger partial charge is 0.611 e. The summed E-state index contributed by atoms with van der Waals surface area (Å²) < 4.78 is 12.1. The monoisotopic (exact) mass is 277 g/mol. The second-order valence-corrected chi connectivity index (χ2v) is 6.29. The predicted octanol–water partition coefficient (Wildman–Crippen LogP) is 5.00. The van der Waals surface area contributed by atoms with Gasteiger partial charge in [0.15, 0.2) is 4.90 Å². The normalized spacial score (nSPS) is 13.0. The molecule has 1 nitrogen and oxygen atoms in total. The van der Waals surface area contributed by atoms with E-state index in [9.17, 15) is 4.55 Å². The molecule has 105 valence electrons. The third-order valence-corrected chi connectivity index (χ3v) is 4.46. The number of hydrogen-bond acceptors (Lipinski definition) is 1. The molecule has 0 heterocycles. The van der Waals surface area contributed by atoms with E-state index in [4.69, 9.17) is 0 Å². The molecule has 2 heteroatoms. The molecule has 1 rings (SSSR count). The maximum absolute atomic E-state index is 12.1. The van der Waals surface area contributed by atoms with E-state index in [0.29, 0.717) is 0 Å². The smallest absolute Gasteiger partial charge is 0.152 e. The van der Waals surface area contributed by atoms with Gasteiger partial charge in [-0.25, -0.2) is 0 Å². The number of unbranched alkanes of at least 4 members (excludes halogenated alkanes) is 4. The summed E-state index contributed by atoms with van der Waals surface area (Å²) in [5, 5.41) is 0. The highest BCUT2D eigenvalue weighted by atomic mass is 32.2. The van der Waals surface area contributed by atoms with Gasteiger partial charge in [0.1, 0.15) is 5.75 Å². The minimum absolute atomic E-state index is 0.788. The molecular weight excluding hydrogens is 252 g/mol. The molecule has 0 saturated heterocycles. The van der Waals surface area contributed by atoms with Gasteiger partial charge in [0.05, 0.1) is 0 Å². The Kier molecular flexibility index (Phi) is 8.68. The Bertz CT molecular complexity index is 356. The van der Waals surface area contributed by atoms with Gasteiger partial charge >= 0.3 is 0 Å². The lowest BCUT2D eigenvalue weighted by Crippen LogP contribution is -2.06. The first-order valence-corrected chi connectivity index (χ1v) is 8.54. The average molecular weight is 277 g/mol. The van der Waals surface area contributed by atoms with Crippen LogP contribution in [-0.4, -0.2) is 10.3 Å². The molecule has 1 radical (unpaired) electrons. The maximum Gasteiger partial charge on any atom is 0.152 e. The molecule has 1 aromatic carbocycles. The lowest BCUT2D eigenvalue weighted by molar-refractivity contribution is 0.588. The zero-order valence-corrected chi connectivity index (χ0v) is 12.8. The van der Waals surface area contributed by atoms with Gasteiger partial charge in [-0.15, -0.1) is 0 Å². The van der Waals surface area contributed by atoms with Crippen LogP contribution >= 0.6 is 0 Å². The summed E-state index contributed by atoms with van der Waals surface area (Å²) >= 11 is -0.837. The first-order chi connectivity index (χ1) is 9.27. The maximum atomic E-state index is 12.1. The average Bonchev–Trinajstić information content (AvgIpc) is 2.44. The standard InChI is InChI=1S/C17H25OS/c1-3-5-7-9-15-19(18)17-13-11-16(12-14-17)10-8-6-4-2/h8,10-14H,2-7,9,15H2,1H3/b10-8+. The summed E-state index contributed by atoms with van der Waals surface area (Å²) in [6, 6.07) is 8.05. The second-order valence-electron chi connectivity index (χ2n) is 4.72. The Morgan fingerprint density at radius 1 is 1.16 bits per heavy atom. The number of rotatable bonds is 9. The first-order valence-electron chi connectivity index (χ1n) is 7.22. The van der Waals surface area contributed by atoms with Crippen LogP contribution < -0.4 is 0 Å². The molecule has 0 fully saturated rings. The van der Waals surface area contributed by atoms with E-state index in [0.717, 1.165) is 29.9 Å². The van der Waals surface area contributed by atoms with Crippen LogP contribution in [0.4, 0.5) is 0 Å². The highest BCUT2D eigenvalue weighted by Crippen LogP contribution is 2.15. The van der Waals surface area contributed by atoms with Crippen molar-refractivity contribution in [3.63, 3.8) is 0 Å². The lowest BCUT2D eigenvalue weighted by Gasteiger charge is -2.10. The molecule has 0 aliphatic carbocycles. The highest BCUT2D eigenvalue weighted by molar-refractivity contribution is 7.91. The fraction of sp³-hybridized carbons (Fsp3) is 0.471. The SMILES string of the molecule is [CH2]CC/C=C/c1ccc([S+]([O-])CCCCCC)cc1. The molecule has 0 spiro atoms. The van der Waals surface area contributed by atoms with Crippen molar-refractivity contribution in [1.82, 2.24) is 0 Å². The van der Waals surface area contributed by atoms with Crippen molar-refractivity contribution in [1.29, 1.82) is 0 Å². The molecule has 1 aromatic rings. The zero-order chi connectivity index (χ0) is 13.9. The van der Waals surface area contributed by atoms with Gasteiger partial charge in [0, 0.05) is 0 Å². The van der Waals surface area contributed by atoms with Crippen LogP contribution in [-0.2, 0) is 11.2 Å². The van der Waals surface area contributed by atoms with Crippen LogP contribution in [0.1, 0.15) is 51.0 Å². The lowest BCUT2D eigenvalue weighted by atomic mass is 10.2. The summed E-state index contributed by atoms with van der Waals surface area (Å²) in [4.78, 5) is 0.950. The first kappa shape index (κ1) is 16.3. The van der Waals surface area contributed by atoms with Gasteiger partial charge in [-0.2, -0.15) is 0 Å². The summed E-state index contributed by atoms with van der Waals surface area (Å²) in [6.45, 7) is 6.00. The molecule has 1 unspecified atom stereocenters. The van der Waals surface area contributed by atoms with E-state index in [1.165, 1.54) is 24.8 Å². The predicted molar refractivity (Wildman–Crippen MR) is 85.5 cm³/mol. The molecule has 0 aliphatic heterocycles. The van der Waals surface area contributed by atoms with Gasteiger partial charge < -0.3 is 4.55 Å². The van der Waals surface area contributed by atoms with Crippen molar-refractivity contribution in [2.45, 2.75) is 50.3 Å². The van der Waals surface area contributed by atoms with Crippen LogP contribution in [0.2, 0.25) is 0 Å². The molecule has 0 amide bonds. The van der Waals surface area contributed by atoms with Gasteiger partial charge in [0.25, 0.3) is 0 Å². The van der Waals surface area contributed by atoms with E-state index < -0.39 is 11.2 Å². The Morgan fingerprint density at radius 2 is 1.89 bits per heavy atom. The minimum atomic E-state index is -0.837. The molecule has 0 N–H and O–H groups in total. The molecular formula is C17H25OS. The van der Waals surface area contributed by atoms with E-state index in [1.54, 1.807) is 0 Å². The Morgan fingerprint density at radius 3 is 2.53 bits per heavy atom.